The highest BCUT2D eigenvalue weighted by atomic mass is 32.2. The van der Waals surface area contributed by atoms with Crippen LogP contribution in [0.15, 0.2) is 33.7 Å². The Balaban J connectivity index is 2.32. The lowest BCUT2D eigenvalue weighted by Crippen LogP contribution is -2.23. The highest BCUT2D eigenvalue weighted by Crippen LogP contribution is 2.22. The summed E-state index contributed by atoms with van der Waals surface area (Å²) in [7, 11) is -0.665. The van der Waals surface area contributed by atoms with Gasteiger partial charge >= 0.3 is 0 Å². The molecule has 1 heterocycles. The number of benzene rings is 1. The van der Waals surface area contributed by atoms with Crippen molar-refractivity contribution in [3.8, 4) is 0 Å². The molecule has 0 aliphatic carbocycles. The lowest BCUT2D eigenvalue weighted by atomic mass is 10.2. The predicted octanol–water partition coefficient (Wildman–Crippen LogP) is 1.79. The second kappa shape index (κ2) is 5.90. The average molecular weight is 323 g/mol. The van der Waals surface area contributed by atoms with E-state index >= 15 is 0 Å². The molecule has 2 aromatic rings. The molecule has 0 aliphatic rings. The van der Waals surface area contributed by atoms with Gasteiger partial charge < -0.3 is 9.84 Å². The zero-order valence-electron chi connectivity index (χ0n) is 12.7. The average Bonchev–Trinajstić information content (AvgIpc) is 2.87. The van der Waals surface area contributed by atoms with E-state index in [0.717, 1.165) is 4.31 Å². The number of nitrogens with one attached hydrogen (secondary N) is 1. The third-order valence-corrected chi connectivity index (χ3v) is 5.02. The molecule has 0 spiro atoms. The Morgan fingerprint density at radius 1 is 1.23 bits per heavy atom. The number of hydrogen-bond donors (Lipinski definition) is 1. The minimum Gasteiger partial charge on any atom is -0.361 e. The molecule has 0 atom stereocenters. The van der Waals surface area contributed by atoms with E-state index in [1.54, 1.807) is 26.0 Å². The Morgan fingerprint density at radius 3 is 2.45 bits per heavy atom. The van der Waals surface area contributed by atoms with Crippen molar-refractivity contribution >= 4 is 21.6 Å². The van der Waals surface area contributed by atoms with Gasteiger partial charge in [-0.25, -0.2) is 12.7 Å². The summed E-state index contributed by atoms with van der Waals surface area (Å²) in [4.78, 5) is 12.2. The van der Waals surface area contributed by atoms with E-state index in [4.69, 9.17) is 4.52 Å². The van der Waals surface area contributed by atoms with Crippen molar-refractivity contribution in [1.29, 1.82) is 0 Å². The van der Waals surface area contributed by atoms with Crippen molar-refractivity contribution in [3.63, 3.8) is 0 Å². The van der Waals surface area contributed by atoms with Gasteiger partial charge in [0.2, 0.25) is 10.0 Å². The molecule has 2 rings (SSSR count). The van der Waals surface area contributed by atoms with E-state index in [2.05, 4.69) is 10.5 Å². The maximum absolute atomic E-state index is 12.2. The molecule has 0 aliphatic heterocycles. The monoisotopic (exact) mass is 323 g/mol. The van der Waals surface area contributed by atoms with Crippen molar-refractivity contribution in [3.05, 3.63) is 41.3 Å². The van der Waals surface area contributed by atoms with Crippen molar-refractivity contribution in [2.24, 2.45) is 0 Å². The van der Waals surface area contributed by atoms with Gasteiger partial charge in [-0.2, -0.15) is 0 Å². The Hall–Kier alpha value is -2.19. The molecule has 7 nitrogen and oxygen atoms in total. The maximum atomic E-state index is 12.2. The number of hydrogen-bond acceptors (Lipinski definition) is 5. The summed E-state index contributed by atoms with van der Waals surface area (Å²) in [5, 5.41) is 6.22. The number of rotatable bonds is 4. The number of nitrogens with zero attached hydrogens (tertiary/aromatic N) is 2. The van der Waals surface area contributed by atoms with Crippen LogP contribution in [0.3, 0.4) is 0 Å². The summed E-state index contributed by atoms with van der Waals surface area (Å²) >= 11 is 0. The van der Waals surface area contributed by atoms with Crippen LogP contribution >= 0.6 is 0 Å². The molecule has 1 amide bonds. The van der Waals surface area contributed by atoms with Gasteiger partial charge in [-0.3, -0.25) is 4.79 Å². The van der Waals surface area contributed by atoms with E-state index in [0.29, 0.717) is 17.0 Å². The van der Waals surface area contributed by atoms with Gasteiger partial charge in [0.15, 0.2) is 5.69 Å². The first-order chi connectivity index (χ1) is 10.2. The Morgan fingerprint density at radius 2 is 1.91 bits per heavy atom. The third-order valence-electron chi connectivity index (χ3n) is 3.07. The van der Waals surface area contributed by atoms with Crippen molar-refractivity contribution in [2.75, 3.05) is 19.4 Å². The van der Waals surface area contributed by atoms with Crippen molar-refractivity contribution < 1.29 is 17.7 Å². The molecule has 0 bridgehead atoms. The van der Waals surface area contributed by atoms with E-state index in [1.807, 2.05) is 0 Å². The normalized spacial score (nSPS) is 11.7. The van der Waals surface area contributed by atoms with Gasteiger partial charge in [0.1, 0.15) is 5.76 Å². The quantitative estimate of drug-likeness (QED) is 0.926. The first kappa shape index (κ1) is 16.2. The first-order valence-corrected chi connectivity index (χ1v) is 7.93. The number of amides is 1. The minimum absolute atomic E-state index is 0.134. The molecule has 1 aromatic carbocycles. The summed E-state index contributed by atoms with van der Waals surface area (Å²) in [6.45, 7) is 3.38. The van der Waals surface area contributed by atoms with Crippen LogP contribution in [-0.4, -0.2) is 37.9 Å². The van der Waals surface area contributed by atoms with Gasteiger partial charge in [-0.05, 0) is 31.5 Å². The fraction of sp³-hybridized carbons (Fsp3) is 0.286. The van der Waals surface area contributed by atoms with Crippen molar-refractivity contribution in [2.45, 2.75) is 18.7 Å². The molecule has 0 fully saturated rings. The van der Waals surface area contributed by atoms with Gasteiger partial charge in [-0.15, -0.1) is 0 Å². The van der Waals surface area contributed by atoms with Crippen LogP contribution in [-0.2, 0) is 10.0 Å². The number of aryl methyl sites for hydroxylation is 2. The molecular formula is C14H17N3O4S. The van der Waals surface area contributed by atoms with Crippen LogP contribution in [0.25, 0.3) is 0 Å². The largest absolute Gasteiger partial charge is 0.361 e. The second-order valence-corrected chi connectivity index (χ2v) is 7.16. The molecular weight excluding hydrogens is 306 g/mol. The minimum atomic E-state index is -3.58. The fourth-order valence-corrected chi connectivity index (χ4v) is 2.97. The van der Waals surface area contributed by atoms with Gasteiger partial charge in [0, 0.05) is 25.8 Å². The van der Waals surface area contributed by atoms with Gasteiger partial charge in [-0.1, -0.05) is 11.2 Å². The summed E-state index contributed by atoms with van der Waals surface area (Å²) in [5.74, 6) is 0.0545. The Bertz CT molecular complexity index is 809. The summed E-state index contributed by atoms with van der Waals surface area (Å²) in [6, 6.07) is 6.20. The molecule has 0 radical (unpaired) electrons. The maximum Gasteiger partial charge on any atom is 0.277 e. The lowest BCUT2D eigenvalue weighted by Gasteiger charge is -2.14. The van der Waals surface area contributed by atoms with Crippen LogP contribution < -0.4 is 5.32 Å². The molecule has 8 heteroatoms. The van der Waals surface area contributed by atoms with Gasteiger partial charge in [0.25, 0.3) is 5.91 Å². The Kier molecular flexibility index (Phi) is 4.34. The summed E-state index contributed by atoms with van der Waals surface area (Å²) in [5.41, 5.74) is 1.11. The number of sulfonamides is 1. The highest BCUT2D eigenvalue weighted by Gasteiger charge is 2.21. The van der Waals surface area contributed by atoms with Crippen LogP contribution in [0.2, 0.25) is 0 Å². The number of carbonyl (C=O) groups is 1. The smallest absolute Gasteiger partial charge is 0.277 e. The zero-order valence-corrected chi connectivity index (χ0v) is 13.6. The molecule has 0 saturated heterocycles. The molecule has 1 N–H and O–H groups in total. The zero-order chi connectivity index (χ0) is 16.5. The predicted molar refractivity (Wildman–Crippen MR) is 81.2 cm³/mol. The van der Waals surface area contributed by atoms with E-state index in [-0.39, 0.29) is 10.6 Å². The van der Waals surface area contributed by atoms with Gasteiger partial charge in [0.05, 0.1) is 4.90 Å². The van der Waals surface area contributed by atoms with Crippen LogP contribution in [0.1, 0.15) is 21.8 Å². The molecule has 118 valence electrons. The fourth-order valence-electron chi connectivity index (χ4n) is 1.82. The summed E-state index contributed by atoms with van der Waals surface area (Å²) in [6.07, 6.45) is 0. The lowest BCUT2D eigenvalue weighted by molar-refractivity contribution is 0.101. The van der Waals surface area contributed by atoms with Crippen LogP contribution in [0.5, 0.6) is 0 Å². The van der Waals surface area contributed by atoms with Crippen LogP contribution in [0, 0.1) is 13.8 Å². The first-order valence-electron chi connectivity index (χ1n) is 6.49. The standard InChI is InChI=1S/C14H17N3O4S/c1-9-5-6-11(8-13(9)22(19,20)17(3)4)15-14(18)12-7-10(2)21-16-12/h5-8H,1-4H3,(H,15,18). The molecule has 0 unspecified atom stereocenters. The third kappa shape index (κ3) is 3.18. The number of aromatic nitrogens is 1. The van der Waals surface area contributed by atoms with Crippen molar-refractivity contribution in [1.82, 2.24) is 9.46 Å². The Labute approximate surface area is 129 Å². The summed E-state index contributed by atoms with van der Waals surface area (Å²) < 4.78 is 30.5. The SMILES string of the molecule is Cc1cc(C(=O)Nc2ccc(C)c(S(=O)(=O)N(C)C)c2)no1. The number of anilines is 1. The molecule has 22 heavy (non-hydrogen) atoms. The molecule has 0 saturated carbocycles. The second-order valence-electron chi connectivity index (χ2n) is 5.04. The highest BCUT2D eigenvalue weighted by molar-refractivity contribution is 7.89. The van der Waals surface area contributed by atoms with E-state index < -0.39 is 15.9 Å². The van der Waals surface area contributed by atoms with E-state index in [9.17, 15) is 13.2 Å². The van der Waals surface area contributed by atoms with E-state index in [1.165, 1.54) is 26.2 Å². The number of carbonyl (C=O) groups excluding carboxylic acids is 1. The van der Waals surface area contributed by atoms with Crippen LogP contribution in [0.4, 0.5) is 5.69 Å². The molecule has 1 aromatic heterocycles. The topological polar surface area (TPSA) is 92.5 Å².